The second kappa shape index (κ2) is 8.37. The Labute approximate surface area is 158 Å². The maximum absolute atomic E-state index is 14.4. The smallest absolute Gasteiger partial charge is 0.211 e. The molecule has 1 aromatic carbocycles. The molecule has 1 aromatic heterocycles. The zero-order valence-electron chi connectivity index (χ0n) is 15.4. The predicted octanol–water partition coefficient (Wildman–Crippen LogP) is 2.19. The Morgan fingerprint density at radius 1 is 1.44 bits per heavy atom. The van der Waals surface area contributed by atoms with Crippen LogP contribution >= 0.6 is 0 Å². The summed E-state index contributed by atoms with van der Waals surface area (Å²) in [5.41, 5.74) is 1.57. The Hall–Kier alpha value is -1.97. The van der Waals surface area contributed by atoms with E-state index in [1.807, 2.05) is 6.92 Å². The van der Waals surface area contributed by atoms with Crippen molar-refractivity contribution in [2.45, 2.75) is 38.8 Å². The van der Waals surface area contributed by atoms with Crippen LogP contribution in [0.15, 0.2) is 30.6 Å². The summed E-state index contributed by atoms with van der Waals surface area (Å²) in [5.74, 6) is -0.420. The van der Waals surface area contributed by atoms with Gasteiger partial charge in [-0.25, -0.2) is 22.2 Å². The summed E-state index contributed by atoms with van der Waals surface area (Å²) in [5, 5.41) is 4.15. The molecule has 2 atom stereocenters. The van der Waals surface area contributed by atoms with Crippen LogP contribution in [0.5, 0.6) is 5.75 Å². The fourth-order valence-corrected chi connectivity index (χ4v) is 3.83. The average Bonchev–Trinajstić information content (AvgIpc) is 3.08. The van der Waals surface area contributed by atoms with E-state index in [2.05, 4.69) is 9.82 Å². The zero-order valence-corrected chi connectivity index (χ0v) is 16.2. The lowest BCUT2D eigenvalue weighted by atomic mass is 10.0. The number of aromatic nitrogens is 2. The van der Waals surface area contributed by atoms with Crippen molar-refractivity contribution in [3.8, 4) is 11.4 Å². The van der Waals surface area contributed by atoms with Crippen LogP contribution in [0, 0.1) is 12.7 Å². The Kier molecular flexibility index (Phi) is 6.13. The van der Waals surface area contributed by atoms with E-state index >= 15 is 0 Å². The Morgan fingerprint density at radius 2 is 2.26 bits per heavy atom. The van der Waals surface area contributed by atoms with Crippen molar-refractivity contribution < 1.29 is 22.3 Å². The number of hydrogen-bond donors (Lipinski definition) is 1. The van der Waals surface area contributed by atoms with Crippen LogP contribution in [-0.2, 0) is 14.8 Å². The molecule has 1 fully saturated rings. The first-order chi connectivity index (χ1) is 12.9. The molecule has 1 saturated heterocycles. The van der Waals surface area contributed by atoms with Crippen molar-refractivity contribution in [1.29, 1.82) is 0 Å². The fourth-order valence-electron chi connectivity index (χ4n) is 2.93. The van der Waals surface area contributed by atoms with Crippen LogP contribution < -0.4 is 9.46 Å². The predicted molar refractivity (Wildman–Crippen MR) is 99.1 cm³/mol. The van der Waals surface area contributed by atoms with E-state index in [0.29, 0.717) is 18.7 Å². The van der Waals surface area contributed by atoms with Gasteiger partial charge in [0.05, 0.1) is 23.7 Å². The van der Waals surface area contributed by atoms with E-state index < -0.39 is 21.9 Å². The first-order valence-corrected chi connectivity index (χ1v) is 10.6. The first kappa shape index (κ1) is 19.8. The van der Waals surface area contributed by atoms with Crippen LogP contribution in [-0.4, -0.2) is 49.3 Å². The van der Waals surface area contributed by atoms with E-state index in [9.17, 15) is 12.8 Å². The molecule has 27 heavy (non-hydrogen) atoms. The van der Waals surface area contributed by atoms with Crippen molar-refractivity contribution >= 4 is 10.0 Å². The minimum Gasteiger partial charge on any atom is -0.488 e. The zero-order chi connectivity index (χ0) is 19.4. The van der Waals surface area contributed by atoms with Crippen molar-refractivity contribution in [2.75, 3.05) is 19.0 Å². The monoisotopic (exact) mass is 397 g/mol. The maximum Gasteiger partial charge on any atom is 0.211 e. The number of nitrogens with zero attached hydrogens (tertiary/aromatic N) is 2. The molecule has 148 valence electrons. The SMILES string of the molecule is CCS(=O)(=O)N[C@H]1CCCO[C@@H]1COc1ccc(-n2cc(C)cn2)cc1F. The molecule has 7 nitrogen and oxygen atoms in total. The summed E-state index contributed by atoms with van der Waals surface area (Å²) >= 11 is 0. The van der Waals surface area contributed by atoms with E-state index in [0.717, 1.165) is 12.0 Å². The van der Waals surface area contributed by atoms with Crippen LogP contribution in [0.4, 0.5) is 4.39 Å². The molecular formula is C18H24FN3O4S. The standard InChI is InChI=1S/C18H24FN3O4S/c1-3-27(23,24)21-16-5-4-8-25-18(16)12-26-17-7-6-14(9-15(17)19)22-11-13(2)10-20-22/h6-7,9-11,16,18,21H,3-5,8,12H2,1-2H3/t16-,18+/m0/s1. The van der Waals surface area contributed by atoms with Crippen LogP contribution in [0.1, 0.15) is 25.3 Å². The molecule has 0 aliphatic carbocycles. The maximum atomic E-state index is 14.4. The van der Waals surface area contributed by atoms with Gasteiger partial charge in [-0.1, -0.05) is 0 Å². The molecule has 2 heterocycles. The summed E-state index contributed by atoms with van der Waals surface area (Å²) in [6, 6.07) is 4.22. The third kappa shape index (κ3) is 5.06. The third-order valence-corrected chi connectivity index (χ3v) is 5.87. The summed E-state index contributed by atoms with van der Waals surface area (Å²) in [6.45, 7) is 4.08. The summed E-state index contributed by atoms with van der Waals surface area (Å²) in [7, 11) is -3.35. The molecule has 2 aromatic rings. The molecular weight excluding hydrogens is 373 g/mol. The lowest BCUT2D eigenvalue weighted by Crippen LogP contribution is -2.49. The number of sulfonamides is 1. The van der Waals surface area contributed by atoms with Gasteiger partial charge in [-0.15, -0.1) is 0 Å². The molecule has 3 rings (SSSR count). The highest BCUT2D eigenvalue weighted by Crippen LogP contribution is 2.22. The Balaban J connectivity index is 1.66. The molecule has 0 amide bonds. The third-order valence-electron chi connectivity index (χ3n) is 4.45. The average molecular weight is 397 g/mol. The van der Waals surface area contributed by atoms with E-state index in [1.165, 1.54) is 12.1 Å². The minimum absolute atomic E-state index is 0.0000693. The molecule has 1 N–H and O–H groups in total. The first-order valence-electron chi connectivity index (χ1n) is 8.93. The highest BCUT2D eigenvalue weighted by atomic mass is 32.2. The van der Waals surface area contributed by atoms with Gasteiger partial charge < -0.3 is 9.47 Å². The molecule has 9 heteroatoms. The minimum atomic E-state index is -3.35. The van der Waals surface area contributed by atoms with E-state index in [1.54, 1.807) is 30.1 Å². The van der Waals surface area contributed by atoms with Crippen LogP contribution in [0.3, 0.4) is 0 Å². The number of aryl methyl sites for hydroxylation is 1. The summed E-state index contributed by atoms with van der Waals surface area (Å²) < 4.78 is 53.5. The second-order valence-electron chi connectivity index (χ2n) is 6.57. The Bertz CT molecular complexity index is 884. The molecule has 1 aliphatic rings. The highest BCUT2D eigenvalue weighted by molar-refractivity contribution is 7.89. The van der Waals surface area contributed by atoms with Gasteiger partial charge in [0.1, 0.15) is 12.7 Å². The number of nitrogens with one attached hydrogen (secondary N) is 1. The van der Waals surface area contributed by atoms with Gasteiger partial charge >= 0.3 is 0 Å². The van der Waals surface area contributed by atoms with E-state index in [4.69, 9.17) is 9.47 Å². The number of ether oxygens (including phenoxy) is 2. The lowest BCUT2D eigenvalue weighted by Gasteiger charge is -2.31. The lowest BCUT2D eigenvalue weighted by molar-refractivity contribution is -0.0285. The van der Waals surface area contributed by atoms with Crippen molar-refractivity contribution in [3.63, 3.8) is 0 Å². The van der Waals surface area contributed by atoms with Gasteiger partial charge in [-0.05, 0) is 44.4 Å². The normalized spacial score (nSPS) is 20.6. The summed E-state index contributed by atoms with van der Waals surface area (Å²) in [4.78, 5) is 0. The highest BCUT2D eigenvalue weighted by Gasteiger charge is 2.30. The molecule has 1 aliphatic heterocycles. The topological polar surface area (TPSA) is 82.5 Å². The van der Waals surface area contributed by atoms with Crippen LogP contribution in [0.2, 0.25) is 0 Å². The Morgan fingerprint density at radius 3 is 2.93 bits per heavy atom. The van der Waals surface area contributed by atoms with E-state index in [-0.39, 0.29) is 24.2 Å². The number of hydrogen-bond acceptors (Lipinski definition) is 5. The number of halogens is 1. The molecule has 0 unspecified atom stereocenters. The van der Waals surface area contributed by atoms with Crippen LogP contribution in [0.25, 0.3) is 5.69 Å². The molecule has 0 spiro atoms. The van der Waals surface area contributed by atoms with Gasteiger partial charge in [0.15, 0.2) is 11.6 Å². The van der Waals surface area contributed by atoms with Gasteiger partial charge in [-0.3, -0.25) is 0 Å². The molecule has 0 radical (unpaired) electrons. The van der Waals surface area contributed by atoms with Gasteiger partial charge in [0.25, 0.3) is 0 Å². The van der Waals surface area contributed by atoms with Gasteiger partial charge in [0, 0.05) is 18.9 Å². The van der Waals surface area contributed by atoms with Crippen molar-refractivity contribution in [3.05, 3.63) is 42.0 Å². The number of benzene rings is 1. The summed E-state index contributed by atoms with van der Waals surface area (Å²) in [6.07, 6.45) is 4.45. The second-order valence-corrected chi connectivity index (χ2v) is 8.61. The largest absolute Gasteiger partial charge is 0.488 e. The fraction of sp³-hybridized carbons (Fsp3) is 0.500. The quantitative estimate of drug-likeness (QED) is 0.774. The number of rotatable bonds is 7. The van der Waals surface area contributed by atoms with Crippen molar-refractivity contribution in [1.82, 2.24) is 14.5 Å². The molecule has 0 bridgehead atoms. The van der Waals surface area contributed by atoms with Gasteiger partial charge in [0.2, 0.25) is 10.0 Å². The molecule has 0 saturated carbocycles. The van der Waals surface area contributed by atoms with Gasteiger partial charge in [-0.2, -0.15) is 5.10 Å². The van der Waals surface area contributed by atoms with Crippen molar-refractivity contribution in [2.24, 2.45) is 0 Å².